The molecule has 2 aliphatic heterocycles. The molecule has 0 spiro atoms. The lowest BCUT2D eigenvalue weighted by atomic mass is 9.69. The Balaban J connectivity index is 2.01. The fraction of sp³-hybridized carbons (Fsp3) is 1.00. The van der Waals surface area contributed by atoms with Crippen LogP contribution >= 0.6 is 0 Å². The van der Waals surface area contributed by atoms with Crippen molar-refractivity contribution in [1.82, 2.24) is 5.32 Å². The summed E-state index contributed by atoms with van der Waals surface area (Å²) in [6.07, 6.45) is 2.83. The molecule has 0 radical (unpaired) electrons. The zero-order valence-corrected chi connectivity index (χ0v) is 6.22. The topological polar surface area (TPSA) is 12.0 Å². The smallest absolute Gasteiger partial charge is 0.0113 e. The van der Waals surface area contributed by atoms with Gasteiger partial charge in [0.2, 0.25) is 0 Å². The number of rotatable bonds is 0. The summed E-state index contributed by atoms with van der Waals surface area (Å²) in [5.41, 5.74) is 0. The first kappa shape index (κ1) is 5.72. The van der Waals surface area contributed by atoms with E-state index in [2.05, 4.69) is 19.2 Å². The van der Waals surface area contributed by atoms with Crippen LogP contribution in [0, 0.1) is 11.8 Å². The van der Waals surface area contributed by atoms with Crippen molar-refractivity contribution in [3.63, 3.8) is 0 Å². The standard InChI is InChI=1S/C8H15N/c1-5-3-7-6(2)8(4-5)9-7/h5-9H,3-4H2,1-2H3. The monoisotopic (exact) mass is 125 g/mol. The summed E-state index contributed by atoms with van der Waals surface area (Å²) in [5.74, 6) is 1.96. The Morgan fingerprint density at radius 3 is 2.00 bits per heavy atom. The summed E-state index contributed by atoms with van der Waals surface area (Å²) >= 11 is 0. The molecule has 2 unspecified atom stereocenters. The molecular formula is C8H15N. The molecule has 3 fully saturated rings. The Bertz CT molecular complexity index is 110. The lowest BCUT2D eigenvalue weighted by molar-refractivity contribution is 0.0629. The van der Waals surface area contributed by atoms with Crippen molar-refractivity contribution in [2.24, 2.45) is 11.8 Å². The SMILES string of the molecule is CC1CC2NC(C1)C2C. The summed E-state index contributed by atoms with van der Waals surface area (Å²) in [6, 6.07) is 1.75. The van der Waals surface area contributed by atoms with E-state index in [1.165, 1.54) is 12.8 Å². The second kappa shape index (κ2) is 1.72. The van der Waals surface area contributed by atoms with Crippen LogP contribution in [-0.4, -0.2) is 12.1 Å². The van der Waals surface area contributed by atoms with E-state index < -0.39 is 0 Å². The lowest BCUT2D eigenvalue weighted by Crippen LogP contribution is -2.64. The zero-order valence-electron chi connectivity index (χ0n) is 6.22. The van der Waals surface area contributed by atoms with Crippen LogP contribution in [0.25, 0.3) is 0 Å². The second-order valence-corrected chi connectivity index (χ2v) is 3.82. The fourth-order valence-corrected chi connectivity index (χ4v) is 2.27. The van der Waals surface area contributed by atoms with Crippen molar-refractivity contribution in [1.29, 1.82) is 0 Å². The van der Waals surface area contributed by atoms with Crippen molar-refractivity contribution in [3.8, 4) is 0 Å². The molecule has 1 aliphatic carbocycles. The van der Waals surface area contributed by atoms with E-state index >= 15 is 0 Å². The molecule has 3 rings (SSSR count). The number of piperidine rings is 1. The highest BCUT2D eigenvalue weighted by Gasteiger charge is 2.42. The molecule has 2 bridgehead atoms. The first-order valence-corrected chi connectivity index (χ1v) is 4.03. The van der Waals surface area contributed by atoms with E-state index in [1.807, 2.05) is 0 Å². The molecule has 1 nitrogen and oxygen atoms in total. The van der Waals surface area contributed by atoms with Crippen molar-refractivity contribution in [3.05, 3.63) is 0 Å². The van der Waals surface area contributed by atoms with Gasteiger partial charge in [-0.25, -0.2) is 0 Å². The maximum atomic E-state index is 3.56. The average molecular weight is 125 g/mol. The molecule has 2 atom stereocenters. The third-order valence-corrected chi connectivity index (χ3v) is 3.01. The minimum Gasteiger partial charge on any atom is -0.311 e. The first-order valence-electron chi connectivity index (χ1n) is 4.03. The first-order chi connectivity index (χ1) is 4.27. The predicted molar refractivity (Wildman–Crippen MR) is 38.3 cm³/mol. The van der Waals surface area contributed by atoms with Gasteiger partial charge in [0, 0.05) is 12.1 Å². The molecule has 2 heterocycles. The maximum Gasteiger partial charge on any atom is 0.0113 e. The van der Waals surface area contributed by atoms with Gasteiger partial charge < -0.3 is 5.32 Å². The Morgan fingerprint density at radius 1 is 1.11 bits per heavy atom. The van der Waals surface area contributed by atoms with E-state index in [1.54, 1.807) is 0 Å². The van der Waals surface area contributed by atoms with E-state index in [0.717, 1.165) is 23.9 Å². The summed E-state index contributed by atoms with van der Waals surface area (Å²) in [5, 5.41) is 3.56. The van der Waals surface area contributed by atoms with Crippen LogP contribution in [0.5, 0.6) is 0 Å². The zero-order chi connectivity index (χ0) is 6.43. The molecule has 3 aliphatic rings. The molecule has 1 heteroatoms. The van der Waals surface area contributed by atoms with Gasteiger partial charge in [0.1, 0.15) is 0 Å². The molecule has 1 N–H and O–H groups in total. The van der Waals surface area contributed by atoms with Gasteiger partial charge in [-0.1, -0.05) is 13.8 Å². The van der Waals surface area contributed by atoms with Crippen molar-refractivity contribution < 1.29 is 0 Å². The van der Waals surface area contributed by atoms with Crippen LogP contribution in [0.3, 0.4) is 0 Å². The van der Waals surface area contributed by atoms with Crippen LogP contribution in [0.4, 0.5) is 0 Å². The van der Waals surface area contributed by atoms with Crippen molar-refractivity contribution in [2.75, 3.05) is 0 Å². The largest absolute Gasteiger partial charge is 0.311 e. The van der Waals surface area contributed by atoms with E-state index in [0.29, 0.717) is 0 Å². The highest BCUT2D eigenvalue weighted by Crippen LogP contribution is 2.36. The average Bonchev–Trinajstić information content (AvgIpc) is 1.87. The van der Waals surface area contributed by atoms with Crippen LogP contribution in [0.2, 0.25) is 0 Å². The molecule has 2 saturated heterocycles. The summed E-state index contributed by atoms with van der Waals surface area (Å²) in [7, 11) is 0. The van der Waals surface area contributed by atoms with Gasteiger partial charge in [0.05, 0.1) is 0 Å². The Labute approximate surface area is 56.8 Å². The highest BCUT2D eigenvalue weighted by molar-refractivity contribution is 5.00. The van der Waals surface area contributed by atoms with Gasteiger partial charge in [-0.2, -0.15) is 0 Å². The second-order valence-electron chi connectivity index (χ2n) is 3.82. The van der Waals surface area contributed by atoms with Gasteiger partial charge in [0.15, 0.2) is 0 Å². The number of hydrogen-bond acceptors (Lipinski definition) is 1. The number of hydrogen-bond donors (Lipinski definition) is 1. The predicted octanol–water partition coefficient (Wildman–Crippen LogP) is 1.39. The van der Waals surface area contributed by atoms with Crippen LogP contribution in [0.1, 0.15) is 26.7 Å². The molecule has 52 valence electrons. The fourth-order valence-electron chi connectivity index (χ4n) is 2.27. The molecule has 0 aromatic rings. The lowest BCUT2D eigenvalue weighted by Gasteiger charge is -2.51. The quantitative estimate of drug-likeness (QED) is 0.516. The Morgan fingerprint density at radius 2 is 1.67 bits per heavy atom. The minimum absolute atomic E-state index is 0.874. The third-order valence-electron chi connectivity index (χ3n) is 3.01. The molecular weight excluding hydrogens is 110 g/mol. The van der Waals surface area contributed by atoms with Gasteiger partial charge in [-0.05, 0) is 24.7 Å². The Hall–Kier alpha value is -0.0400. The minimum atomic E-state index is 0.874. The third kappa shape index (κ3) is 0.710. The van der Waals surface area contributed by atoms with Gasteiger partial charge >= 0.3 is 0 Å². The number of fused-ring (bicyclic) bond motifs is 2. The number of nitrogens with one attached hydrogen (secondary N) is 1. The summed E-state index contributed by atoms with van der Waals surface area (Å²) in [4.78, 5) is 0. The molecule has 9 heavy (non-hydrogen) atoms. The molecule has 0 aromatic carbocycles. The molecule has 1 saturated carbocycles. The van der Waals surface area contributed by atoms with Crippen LogP contribution in [0.15, 0.2) is 0 Å². The van der Waals surface area contributed by atoms with E-state index in [-0.39, 0.29) is 0 Å². The molecule has 0 aromatic heterocycles. The van der Waals surface area contributed by atoms with Crippen LogP contribution < -0.4 is 5.32 Å². The molecule has 0 amide bonds. The summed E-state index contributed by atoms with van der Waals surface area (Å²) < 4.78 is 0. The summed E-state index contributed by atoms with van der Waals surface area (Å²) in [6.45, 7) is 4.74. The van der Waals surface area contributed by atoms with Crippen molar-refractivity contribution >= 4 is 0 Å². The van der Waals surface area contributed by atoms with Gasteiger partial charge in [-0.15, -0.1) is 0 Å². The van der Waals surface area contributed by atoms with E-state index in [4.69, 9.17) is 0 Å². The normalized spacial score (nSPS) is 56.7. The van der Waals surface area contributed by atoms with Gasteiger partial charge in [0.25, 0.3) is 0 Å². The van der Waals surface area contributed by atoms with Crippen molar-refractivity contribution in [2.45, 2.75) is 38.8 Å². The Kier molecular flexibility index (Phi) is 1.10. The highest BCUT2D eigenvalue weighted by atomic mass is 15.1. The van der Waals surface area contributed by atoms with Crippen LogP contribution in [-0.2, 0) is 0 Å². The maximum absolute atomic E-state index is 3.56. The van der Waals surface area contributed by atoms with E-state index in [9.17, 15) is 0 Å². The van der Waals surface area contributed by atoms with Gasteiger partial charge in [-0.3, -0.25) is 0 Å².